The van der Waals surface area contributed by atoms with E-state index in [4.69, 9.17) is 12.2 Å². The van der Waals surface area contributed by atoms with E-state index in [0.717, 1.165) is 17.0 Å². The third-order valence-electron chi connectivity index (χ3n) is 1.98. The van der Waals surface area contributed by atoms with Crippen molar-refractivity contribution in [1.82, 2.24) is 14.5 Å². The number of H-pyrrole nitrogens is 1. The van der Waals surface area contributed by atoms with Gasteiger partial charge in [0.15, 0.2) is 4.77 Å². The molecule has 3 nitrogen and oxygen atoms in total. The van der Waals surface area contributed by atoms with E-state index in [1.54, 1.807) is 0 Å². The molecule has 0 saturated carbocycles. The predicted octanol–water partition coefficient (Wildman–Crippen LogP) is 1.98. The van der Waals surface area contributed by atoms with Crippen LogP contribution in [0.3, 0.4) is 0 Å². The van der Waals surface area contributed by atoms with Crippen LogP contribution in [0.25, 0.3) is 0 Å². The SMILES string of the molecule is Cc1cn(C(C)CN(C)C)c(=S)[nH]1. The maximum atomic E-state index is 5.19. The van der Waals surface area contributed by atoms with E-state index in [-0.39, 0.29) is 0 Å². The quantitative estimate of drug-likeness (QED) is 0.753. The molecule has 0 radical (unpaired) electrons. The van der Waals surface area contributed by atoms with Gasteiger partial charge in [-0.2, -0.15) is 0 Å². The maximum absolute atomic E-state index is 5.19. The number of rotatable bonds is 3. The molecule has 0 aliphatic heterocycles. The molecule has 0 bridgehead atoms. The summed E-state index contributed by atoms with van der Waals surface area (Å²) in [5, 5.41) is 0. The molecule has 4 heteroatoms. The van der Waals surface area contributed by atoms with Crippen molar-refractivity contribution in [3.8, 4) is 0 Å². The Morgan fingerprint density at radius 3 is 2.62 bits per heavy atom. The molecule has 1 atom stereocenters. The van der Waals surface area contributed by atoms with Gasteiger partial charge in [0.25, 0.3) is 0 Å². The molecule has 0 fully saturated rings. The Labute approximate surface area is 84.4 Å². The Kier molecular flexibility index (Phi) is 3.27. The van der Waals surface area contributed by atoms with Gasteiger partial charge >= 0.3 is 0 Å². The molecule has 0 aliphatic carbocycles. The molecule has 13 heavy (non-hydrogen) atoms. The molecule has 0 aromatic carbocycles. The van der Waals surface area contributed by atoms with E-state index in [2.05, 4.69) is 41.7 Å². The minimum Gasteiger partial charge on any atom is -0.335 e. The van der Waals surface area contributed by atoms with E-state index < -0.39 is 0 Å². The Morgan fingerprint density at radius 1 is 1.62 bits per heavy atom. The normalized spacial score (nSPS) is 13.6. The number of nitrogens with zero attached hydrogens (tertiary/aromatic N) is 2. The second-order valence-corrected chi connectivity index (χ2v) is 4.15. The van der Waals surface area contributed by atoms with Gasteiger partial charge in [-0.3, -0.25) is 0 Å². The number of imidazole rings is 1. The first-order chi connectivity index (χ1) is 6.00. The number of hydrogen-bond donors (Lipinski definition) is 1. The van der Waals surface area contributed by atoms with Crippen molar-refractivity contribution in [2.24, 2.45) is 0 Å². The highest BCUT2D eigenvalue weighted by Crippen LogP contribution is 2.08. The van der Waals surface area contributed by atoms with Crippen molar-refractivity contribution in [1.29, 1.82) is 0 Å². The summed E-state index contributed by atoms with van der Waals surface area (Å²) < 4.78 is 2.91. The van der Waals surface area contributed by atoms with Crippen LogP contribution in [-0.2, 0) is 0 Å². The fraction of sp³-hybridized carbons (Fsp3) is 0.667. The average molecular weight is 199 g/mol. The third kappa shape index (κ3) is 2.67. The van der Waals surface area contributed by atoms with E-state index in [1.165, 1.54) is 0 Å². The van der Waals surface area contributed by atoms with Gasteiger partial charge < -0.3 is 14.5 Å². The molecular formula is C9H17N3S. The van der Waals surface area contributed by atoms with Gasteiger partial charge in [0.05, 0.1) is 0 Å². The zero-order chi connectivity index (χ0) is 10.0. The lowest BCUT2D eigenvalue weighted by atomic mass is 10.3. The van der Waals surface area contributed by atoms with Crippen LogP contribution in [0, 0.1) is 11.7 Å². The number of aryl methyl sites for hydroxylation is 1. The molecule has 0 saturated heterocycles. The van der Waals surface area contributed by atoms with Gasteiger partial charge in [0.1, 0.15) is 0 Å². The number of nitrogens with one attached hydrogen (secondary N) is 1. The first-order valence-corrected chi connectivity index (χ1v) is 4.84. The molecule has 1 heterocycles. The summed E-state index contributed by atoms with van der Waals surface area (Å²) in [6.45, 7) is 5.20. The molecule has 0 amide bonds. The molecule has 74 valence electrons. The van der Waals surface area contributed by atoms with Crippen LogP contribution in [0.1, 0.15) is 18.7 Å². The van der Waals surface area contributed by atoms with Crippen LogP contribution in [0.15, 0.2) is 6.20 Å². The molecule has 1 unspecified atom stereocenters. The number of aromatic nitrogens is 2. The lowest BCUT2D eigenvalue weighted by molar-refractivity contribution is 0.335. The minimum atomic E-state index is 0.424. The standard InChI is InChI=1S/C9H17N3S/c1-7-5-12(9(13)10-7)8(2)6-11(3)4/h5,8H,6H2,1-4H3,(H,10,13). The van der Waals surface area contributed by atoms with Crippen molar-refractivity contribution in [3.05, 3.63) is 16.7 Å². The first-order valence-electron chi connectivity index (χ1n) is 4.43. The Morgan fingerprint density at radius 2 is 2.23 bits per heavy atom. The monoisotopic (exact) mass is 199 g/mol. The second-order valence-electron chi connectivity index (χ2n) is 3.76. The molecule has 0 aliphatic rings. The van der Waals surface area contributed by atoms with Gasteiger partial charge in [-0.25, -0.2) is 0 Å². The van der Waals surface area contributed by atoms with Gasteiger partial charge in [0.2, 0.25) is 0 Å². The van der Waals surface area contributed by atoms with Crippen LogP contribution in [-0.4, -0.2) is 35.1 Å². The summed E-state index contributed by atoms with van der Waals surface area (Å²) in [5.41, 5.74) is 1.12. The molecule has 0 spiro atoms. The van der Waals surface area contributed by atoms with Crippen molar-refractivity contribution in [2.75, 3.05) is 20.6 Å². The molecule has 1 rings (SSSR count). The lowest BCUT2D eigenvalue weighted by Gasteiger charge is -2.17. The highest BCUT2D eigenvalue weighted by Gasteiger charge is 2.06. The zero-order valence-corrected chi connectivity index (χ0v) is 9.48. The Bertz CT molecular complexity index is 324. The van der Waals surface area contributed by atoms with Crippen LogP contribution in [0.5, 0.6) is 0 Å². The molecule has 1 N–H and O–H groups in total. The van der Waals surface area contributed by atoms with E-state index in [1.807, 2.05) is 6.92 Å². The zero-order valence-electron chi connectivity index (χ0n) is 8.66. The maximum Gasteiger partial charge on any atom is 0.177 e. The van der Waals surface area contributed by atoms with E-state index >= 15 is 0 Å². The highest BCUT2D eigenvalue weighted by molar-refractivity contribution is 7.71. The van der Waals surface area contributed by atoms with Crippen molar-refractivity contribution >= 4 is 12.2 Å². The van der Waals surface area contributed by atoms with Crippen LogP contribution < -0.4 is 0 Å². The number of hydrogen-bond acceptors (Lipinski definition) is 2. The number of likely N-dealkylation sites (N-methyl/N-ethyl adjacent to an activating group) is 1. The fourth-order valence-electron chi connectivity index (χ4n) is 1.48. The minimum absolute atomic E-state index is 0.424. The highest BCUT2D eigenvalue weighted by atomic mass is 32.1. The van der Waals surface area contributed by atoms with Crippen molar-refractivity contribution in [3.63, 3.8) is 0 Å². The smallest absolute Gasteiger partial charge is 0.177 e. The van der Waals surface area contributed by atoms with Gasteiger partial charge in [-0.15, -0.1) is 0 Å². The summed E-state index contributed by atoms with van der Waals surface area (Å²) in [7, 11) is 4.14. The summed E-state index contributed by atoms with van der Waals surface area (Å²) >= 11 is 5.19. The third-order valence-corrected chi connectivity index (χ3v) is 2.29. The molecule has 1 aromatic heterocycles. The van der Waals surface area contributed by atoms with E-state index in [9.17, 15) is 0 Å². The van der Waals surface area contributed by atoms with Crippen LogP contribution in [0.4, 0.5) is 0 Å². The fourth-order valence-corrected chi connectivity index (χ4v) is 1.87. The van der Waals surface area contributed by atoms with E-state index in [0.29, 0.717) is 6.04 Å². The van der Waals surface area contributed by atoms with Crippen LogP contribution in [0.2, 0.25) is 0 Å². The first kappa shape index (κ1) is 10.5. The number of aromatic amines is 1. The van der Waals surface area contributed by atoms with Gasteiger partial charge in [-0.1, -0.05) is 0 Å². The van der Waals surface area contributed by atoms with Crippen molar-refractivity contribution < 1.29 is 0 Å². The molecule has 1 aromatic rings. The summed E-state index contributed by atoms with van der Waals surface area (Å²) in [6.07, 6.45) is 2.07. The topological polar surface area (TPSA) is 24.0 Å². The Balaban J connectivity index is 2.82. The van der Waals surface area contributed by atoms with Gasteiger partial charge in [0, 0.05) is 24.5 Å². The second kappa shape index (κ2) is 4.07. The average Bonchev–Trinajstić information content (AvgIpc) is 2.28. The van der Waals surface area contributed by atoms with Crippen molar-refractivity contribution in [2.45, 2.75) is 19.9 Å². The van der Waals surface area contributed by atoms with Gasteiger partial charge in [-0.05, 0) is 40.2 Å². The summed E-state index contributed by atoms with van der Waals surface area (Å²) in [4.78, 5) is 5.28. The summed E-state index contributed by atoms with van der Waals surface area (Å²) in [6, 6.07) is 0.424. The van der Waals surface area contributed by atoms with Crippen LogP contribution >= 0.6 is 12.2 Å². The Hall–Kier alpha value is -0.610. The lowest BCUT2D eigenvalue weighted by Crippen LogP contribution is -2.22. The largest absolute Gasteiger partial charge is 0.335 e. The summed E-state index contributed by atoms with van der Waals surface area (Å²) in [5.74, 6) is 0. The molecular weight excluding hydrogens is 182 g/mol. The predicted molar refractivity (Wildman–Crippen MR) is 57.6 cm³/mol.